The summed E-state index contributed by atoms with van der Waals surface area (Å²) in [4.78, 5) is 4.31. The highest BCUT2D eigenvalue weighted by Gasteiger charge is 2.34. The third-order valence-electron chi connectivity index (χ3n) is 4.03. The summed E-state index contributed by atoms with van der Waals surface area (Å²) in [5, 5.41) is 18.4. The molecule has 0 atom stereocenters. The first-order chi connectivity index (χ1) is 9.17. The van der Waals surface area contributed by atoms with Crippen molar-refractivity contribution in [2.45, 2.75) is 70.6 Å². The normalized spacial score (nSPS) is 27.6. The Labute approximate surface area is 115 Å². The van der Waals surface area contributed by atoms with Gasteiger partial charge in [0.05, 0.1) is 5.60 Å². The summed E-state index contributed by atoms with van der Waals surface area (Å²) in [7, 11) is 0. The van der Waals surface area contributed by atoms with E-state index in [0.29, 0.717) is 12.5 Å². The molecule has 0 unspecified atom stereocenters. The molecule has 19 heavy (non-hydrogen) atoms. The summed E-state index contributed by atoms with van der Waals surface area (Å²) in [6.45, 7) is 6.15. The second kappa shape index (κ2) is 6.48. The largest absolute Gasteiger partial charge is 0.389 e. The van der Waals surface area contributed by atoms with Gasteiger partial charge in [0.15, 0.2) is 0 Å². The van der Waals surface area contributed by atoms with Crippen molar-refractivity contribution in [3.8, 4) is 0 Å². The maximum Gasteiger partial charge on any atom is 0.138 e. The molecule has 2 N–H and O–H groups in total. The van der Waals surface area contributed by atoms with Crippen LogP contribution >= 0.6 is 0 Å². The van der Waals surface area contributed by atoms with E-state index in [1.807, 2.05) is 4.68 Å². The lowest BCUT2D eigenvalue weighted by Gasteiger charge is -2.36. The first kappa shape index (κ1) is 14.5. The van der Waals surface area contributed by atoms with Crippen LogP contribution in [-0.4, -0.2) is 38.1 Å². The summed E-state index contributed by atoms with van der Waals surface area (Å²) >= 11 is 0. The Morgan fingerprint density at radius 2 is 2.16 bits per heavy atom. The van der Waals surface area contributed by atoms with Crippen molar-refractivity contribution < 1.29 is 5.11 Å². The van der Waals surface area contributed by atoms with Crippen LogP contribution in [0.3, 0.4) is 0 Å². The molecule has 0 aromatic carbocycles. The quantitative estimate of drug-likeness (QED) is 0.819. The molecule has 2 rings (SSSR count). The first-order valence-corrected chi connectivity index (χ1v) is 7.49. The molecular formula is C14H26N4O. The molecule has 5 heteroatoms. The molecule has 108 valence electrons. The lowest BCUT2D eigenvalue weighted by atomic mass is 9.80. The van der Waals surface area contributed by atoms with Crippen LogP contribution in [0.1, 0.15) is 51.8 Å². The molecule has 0 spiro atoms. The lowest BCUT2D eigenvalue weighted by molar-refractivity contribution is -0.00543. The number of aromatic nitrogens is 3. The molecule has 0 radical (unpaired) electrons. The average Bonchev–Trinajstić information content (AvgIpc) is 2.80. The van der Waals surface area contributed by atoms with E-state index < -0.39 is 5.60 Å². The van der Waals surface area contributed by atoms with E-state index in [0.717, 1.165) is 51.0 Å². The topological polar surface area (TPSA) is 63.0 Å². The highest BCUT2D eigenvalue weighted by Crippen LogP contribution is 2.31. The van der Waals surface area contributed by atoms with E-state index in [9.17, 15) is 5.11 Å². The number of aryl methyl sites for hydroxylation is 1. The maximum absolute atomic E-state index is 10.7. The predicted octanol–water partition coefficient (Wildman–Crippen LogP) is 1.51. The number of nitrogens with zero attached hydrogens (tertiary/aromatic N) is 3. The van der Waals surface area contributed by atoms with Crippen LogP contribution < -0.4 is 5.32 Å². The monoisotopic (exact) mass is 266 g/mol. The van der Waals surface area contributed by atoms with Gasteiger partial charge < -0.3 is 10.4 Å². The molecule has 5 nitrogen and oxygen atoms in total. The lowest BCUT2D eigenvalue weighted by Crippen LogP contribution is -2.43. The first-order valence-electron chi connectivity index (χ1n) is 7.49. The van der Waals surface area contributed by atoms with E-state index in [1.54, 1.807) is 6.33 Å². The van der Waals surface area contributed by atoms with Crippen molar-refractivity contribution in [3.05, 3.63) is 12.2 Å². The van der Waals surface area contributed by atoms with Crippen molar-refractivity contribution in [2.24, 2.45) is 0 Å². The van der Waals surface area contributed by atoms with Crippen LogP contribution in [0.5, 0.6) is 0 Å². The van der Waals surface area contributed by atoms with E-state index in [4.69, 9.17) is 0 Å². The molecule has 1 saturated carbocycles. The fraction of sp³-hybridized carbons (Fsp3) is 0.857. The van der Waals surface area contributed by atoms with Crippen molar-refractivity contribution in [2.75, 3.05) is 6.54 Å². The van der Waals surface area contributed by atoms with Gasteiger partial charge in [-0.2, -0.15) is 5.10 Å². The number of rotatable bonds is 6. The van der Waals surface area contributed by atoms with Crippen molar-refractivity contribution in [1.29, 1.82) is 0 Å². The third kappa shape index (κ3) is 3.76. The second-order valence-electron chi connectivity index (χ2n) is 5.63. The summed E-state index contributed by atoms with van der Waals surface area (Å²) < 4.78 is 1.92. The van der Waals surface area contributed by atoms with Crippen molar-refractivity contribution in [1.82, 2.24) is 20.1 Å². The Hall–Kier alpha value is -0.940. The summed E-state index contributed by atoms with van der Waals surface area (Å²) in [6, 6.07) is 0.568. The van der Waals surface area contributed by atoms with Gasteiger partial charge in [0.1, 0.15) is 12.2 Å². The Morgan fingerprint density at radius 1 is 1.42 bits per heavy atom. The Kier molecular flexibility index (Phi) is 4.93. The van der Waals surface area contributed by atoms with E-state index in [-0.39, 0.29) is 0 Å². The highest BCUT2D eigenvalue weighted by atomic mass is 16.3. The van der Waals surface area contributed by atoms with Gasteiger partial charge in [-0.3, -0.25) is 4.68 Å². The standard InChI is InChI=1S/C14H26N4O/c1-3-9-18-13(16-11-17-18)10-14(19)7-5-12(6-8-14)15-4-2/h11-12,15,19H,3-10H2,1-2H3. The van der Waals surface area contributed by atoms with Gasteiger partial charge in [-0.25, -0.2) is 4.98 Å². The minimum absolute atomic E-state index is 0.568. The van der Waals surface area contributed by atoms with E-state index >= 15 is 0 Å². The van der Waals surface area contributed by atoms with Gasteiger partial charge >= 0.3 is 0 Å². The van der Waals surface area contributed by atoms with Crippen molar-refractivity contribution in [3.63, 3.8) is 0 Å². The molecule has 0 saturated heterocycles. The van der Waals surface area contributed by atoms with Crippen LogP contribution in [0.2, 0.25) is 0 Å². The minimum atomic E-state index is -0.593. The van der Waals surface area contributed by atoms with Crippen LogP contribution in [0.4, 0.5) is 0 Å². The SMILES string of the molecule is CCCn1ncnc1CC1(O)CCC(NCC)CC1. The molecule has 1 fully saturated rings. The van der Waals surface area contributed by atoms with Gasteiger partial charge in [0, 0.05) is 19.0 Å². The molecule has 1 heterocycles. The minimum Gasteiger partial charge on any atom is -0.389 e. The fourth-order valence-corrected chi connectivity index (χ4v) is 2.94. The highest BCUT2D eigenvalue weighted by molar-refractivity contribution is 4.98. The zero-order valence-electron chi connectivity index (χ0n) is 12.1. The molecule has 1 aliphatic rings. The maximum atomic E-state index is 10.7. The molecular weight excluding hydrogens is 240 g/mol. The van der Waals surface area contributed by atoms with Crippen LogP contribution in [0, 0.1) is 0 Å². The van der Waals surface area contributed by atoms with Crippen LogP contribution in [-0.2, 0) is 13.0 Å². The summed E-state index contributed by atoms with van der Waals surface area (Å²) in [6.07, 6.45) is 7.06. The Bertz CT molecular complexity index is 383. The fourth-order valence-electron chi connectivity index (χ4n) is 2.94. The summed E-state index contributed by atoms with van der Waals surface area (Å²) in [5.41, 5.74) is -0.593. The average molecular weight is 266 g/mol. The van der Waals surface area contributed by atoms with E-state index in [2.05, 4.69) is 29.2 Å². The van der Waals surface area contributed by atoms with Gasteiger partial charge in [0.25, 0.3) is 0 Å². The zero-order valence-corrected chi connectivity index (χ0v) is 12.1. The van der Waals surface area contributed by atoms with Gasteiger partial charge in [-0.1, -0.05) is 13.8 Å². The Balaban J connectivity index is 1.93. The zero-order chi connectivity index (χ0) is 13.7. The van der Waals surface area contributed by atoms with Gasteiger partial charge in [-0.15, -0.1) is 0 Å². The summed E-state index contributed by atoms with van der Waals surface area (Å²) in [5.74, 6) is 0.922. The van der Waals surface area contributed by atoms with Crippen molar-refractivity contribution >= 4 is 0 Å². The third-order valence-corrected chi connectivity index (χ3v) is 4.03. The molecule has 1 aromatic heterocycles. The predicted molar refractivity (Wildman–Crippen MR) is 74.9 cm³/mol. The second-order valence-corrected chi connectivity index (χ2v) is 5.63. The number of hydrogen-bond acceptors (Lipinski definition) is 4. The number of nitrogens with one attached hydrogen (secondary N) is 1. The molecule has 0 aliphatic heterocycles. The van der Waals surface area contributed by atoms with Gasteiger partial charge in [0.2, 0.25) is 0 Å². The van der Waals surface area contributed by atoms with Crippen LogP contribution in [0.25, 0.3) is 0 Å². The van der Waals surface area contributed by atoms with Crippen LogP contribution in [0.15, 0.2) is 6.33 Å². The van der Waals surface area contributed by atoms with E-state index in [1.165, 1.54) is 0 Å². The smallest absolute Gasteiger partial charge is 0.138 e. The number of aliphatic hydroxyl groups is 1. The Morgan fingerprint density at radius 3 is 2.79 bits per heavy atom. The molecule has 1 aromatic rings. The molecule has 1 aliphatic carbocycles. The molecule has 0 amide bonds. The van der Waals surface area contributed by atoms with Gasteiger partial charge in [-0.05, 0) is 38.6 Å². The number of hydrogen-bond donors (Lipinski definition) is 2. The molecule has 0 bridgehead atoms.